The minimum Gasteiger partial charge on any atom is -0.483 e. The van der Waals surface area contributed by atoms with E-state index in [9.17, 15) is 24.7 Å². The first-order valence-electron chi connectivity index (χ1n) is 11.4. The monoisotopic (exact) mass is 483 g/mol. The first-order valence-corrected chi connectivity index (χ1v) is 11.4. The van der Waals surface area contributed by atoms with Crippen LogP contribution in [-0.2, 0) is 11.3 Å². The summed E-state index contributed by atoms with van der Waals surface area (Å²) in [4.78, 5) is 40.6. The van der Waals surface area contributed by atoms with E-state index in [1.165, 1.54) is 13.3 Å². The minimum atomic E-state index is -1.40. The van der Waals surface area contributed by atoms with Gasteiger partial charge in [-0.3, -0.25) is 9.59 Å². The Kier molecular flexibility index (Phi) is 6.56. The zero-order valence-corrected chi connectivity index (χ0v) is 19.9. The van der Waals surface area contributed by atoms with Crippen molar-refractivity contribution in [2.45, 2.75) is 51.8 Å². The second-order valence-electron chi connectivity index (χ2n) is 9.43. The first-order chi connectivity index (χ1) is 16.7. The van der Waals surface area contributed by atoms with Gasteiger partial charge in [-0.15, -0.1) is 0 Å². The van der Waals surface area contributed by atoms with Crippen LogP contribution in [0.3, 0.4) is 0 Å². The summed E-state index contributed by atoms with van der Waals surface area (Å²) in [5.41, 5.74) is -1.07. The molecule has 3 atom stereocenters. The third-order valence-corrected chi connectivity index (χ3v) is 7.19. The number of ether oxygens (including phenoxy) is 2. The Morgan fingerprint density at radius 1 is 1.26 bits per heavy atom. The number of hydrogen-bond acceptors (Lipinski definition) is 7. The van der Waals surface area contributed by atoms with Crippen LogP contribution in [-0.4, -0.2) is 57.3 Å². The Balaban J connectivity index is 1.90. The number of oxime groups is 1. The molecule has 10 heteroatoms. The summed E-state index contributed by atoms with van der Waals surface area (Å²) in [5.74, 6) is -1.92. The van der Waals surface area contributed by atoms with E-state index >= 15 is 0 Å². The molecule has 1 saturated heterocycles. The van der Waals surface area contributed by atoms with Crippen LogP contribution in [0.1, 0.15) is 65.6 Å². The standard InChI is InChI=1S/C25H29N3O7/c1-15-9-10-25(2,11-19(26-33)34-3)18-13-27(15)23(30)20-22(35-14-16-7-5-4-6-8-16)21(29)17(24(31)32)12-28(18)20/h4-8,12,15,18,33H,9-11,13-14H2,1-3H3,(H,31,32)/b26-19+/t15-,18+,25+/m0/s1. The molecule has 2 aliphatic rings. The van der Waals surface area contributed by atoms with Gasteiger partial charge in [-0.1, -0.05) is 42.4 Å². The number of carboxylic acid groups (broad SMARTS) is 1. The van der Waals surface area contributed by atoms with Gasteiger partial charge < -0.3 is 29.3 Å². The molecule has 0 spiro atoms. The van der Waals surface area contributed by atoms with Crippen LogP contribution in [0.15, 0.2) is 46.5 Å². The Hall–Kier alpha value is -3.82. The van der Waals surface area contributed by atoms with Crippen molar-refractivity contribution in [2.24, 2.45) is 10.6 Å². The number of carbonyl (C=O) groups is 2. The molecule has 2 aromatic rings. The normalized spacial score (nSPS) is 23.9. The molecule has 0 aliphatic carbocycles. The summed E-state index contributed by atoms with van der Waals surface area (Å²) in [6.45, 7) is 4.25. The van der Waals surface area contributed by atoms with E-state index < -0.39 is 28.4 Å². The molecule has 35 heavy (non-hydrogen) atoms. The molecular formula is C25H29N3O7. The lowest BCUT2D eigenvalue weighted by atomic mass is 9.75. The predicted molar refractivity (Wildman–Crippen MR) is 126 cm³/mol. The molecule has 2 N–H and O–H groups in total. The van der Waals surface area contributed by atoms with Crippen molar-refractivity contribution in [3.63, 3.8) is 0 Å². The fraction of sp³-hybridized carbons (Fsp3) is 0.440. The molecule has 1 fully saturated rings. The average Bonchev–Trinajstić information content (AvgIpc) is 2.96. The Morgan fingerprint density at radius 3 is 2.60 bits per heavy atom. The molecule has 0 radical (unpaired) electrons. The molecule has 1 amide bonds. The summed E-state index contributed by atoms with van der Waals surface area (Å²) in [5, 5.41) is 22.4. The second kappa shape index (κ2) is 9.44. The number of aromatic carboxylic acids is 1. The second-order valence-corrected chi connectivity index (χ2v) is 9.43. The maximum Gasteiger partial charge on any atom is 0.341 e. The summed E-state index contributed by atoms with van der Waals surface area (Å²) in [6, 6.07) is 8.59. The fourth-order valence-electron chi connectivity index (χ4n) is 5.07. The van der Waals surface area contributed by atoms with Gasteiger partial charge in [0, 0.05) is 25.2 Å². The number of benzene rings is 1. The maximum atomic E-state index is 13.7. The SMILES string of the molecule is CO/C(C[C@@]1(C)CC[C@H](C)N2C[C@H]1n1cc(C(=O)O)c(=O)c(OCc3ccccc3)c1C2=O)=N/O. The molecule has 10 nitrogen and oxygen atoms in total. The zero-order valence-electron chi connectivity index (χ0n) is 19.9. The number of amides is 1. The van der Waals surface area contributed by atoms with Crippen molar-refractivity contribution < 1.29 is 29.4 Å². The molecule has 2 bridgehead atoms. The number of rotatable bonds is 6. The van der Waals surface area contributed by atoms with E-state index in [4.69, 9.17) is 9.47 Å². The van der Waals surface area contributed by atoms with Crippen molar-refractivity contribution in [3.05, 3.63) is 63.6 Å². The molecule has 0 saturated carbocycles. The van der Waals surface area contributed by atoms with Crippen molar-refractivity contribution in [1.29, 1.82) is 0 Å². The smallest absolute Gasteiger partial charge is 0.341 e. The topological polar surface area (TPSA) is 131 Å². The van der Waals surface area contributed by atoms with Crippen molar-refractivity contribution in [2.75, 3.05) is 13.7 Å². The molecule has 0 unspecified atom stereocenters. The van der Waals surface area contributed by atoms with Crippen molar-refractivity contribution in [1.82, 2.24) is 9.47 Å². The number of nitrogens with zero attached hydrogens (tertiary/aromatic N) is 3. The predicted octanol–water partition coefficient (Wildman–Crippen LogP) is 3.14. The third-order valence-electron chi connectivity index (χ3n) is 7.19. The minimum absolute atomic E-state index is 0.00190. The van der Waals surface area contributed by atoms with Gasteiger partial charge in [-0.05, 0) is 30.7 Å². The van der Waals surface area contributed by atoms with Gasteiger partial charge in [0.05, 0.1) is 13.2 Å². The highest BCUT2D eigenvalue weighted by Gasteiger charge is 2.48. The number of fused-ring (bicyclic) bond motifs is 4. The van der Waals surface area contributed by atoms with Crippen molar-refractivity contribution in [3.8, 4) is 5.75 Å². The van der Waals surface area contributed by atoms with E-state index in [0.29, 0.717) is 19.4 Å². The zero-order chi connectivity index (χ0) is 25.3. The summed E-state index contributed by atoms with van der Waals surface area (Å²) in [6.07, 6.45) is 2.82. The van der Waals surface area contributed by atoms with Crippen LogP contribution in [0.25, 0.3) is 0 Å². The number of carboxylic acids is 1. The highest BCUT2D eigenvalue weighted by Crippen LogP contribution is 2.47. The van der Waals surface area contributed by atoms with Gasteiger partial charge >= 0.3 is 5.97 Å². The molecule has 4 rings (SSSR count). The van der Waals surface area contributed by atoms with E-state index in [1.54, 1.807) is 9.47 Å². The van der Waals surface area contributed by atoms with Crippen LogP contribution in [0.4, 0.5) is 0 Å². The summed E-state index contributed by atoms with van der Waals surface area (Å²) < 4.78 is 12.7. The molecule has 1 aromatic heterocycles. The lowest BCUT2D eigenvalue weighted by Crippen LogP contribution is -2.50. The fourth-order valence-corrected chi connectivity index (χ4v) is 5.07. The van der Waals surface area contributed by atoms with Gasteiger partial charge in [0.15, 0.2) is 11.4 Å². The van der Waals surface area contributed by atoms with Crippen molar-refractivity contribution >= 4 is 17.8 Å². The van der Waals surface area contributed by atoms with Crippen LogP contribution in [0, 0.1) is 5.41 Å². The van der Waals surface area contributed by atoms with E-state index in [1.807, 2.05) is 44.2 Å². The summed E-state index contributed by atoms with van der Waals surface area (Å²) >= 11 is 0. The first kappa shape index (κ1) is 24.3. The molecule has 1 aromatic carbocycles. The van der Waals surface area contributed by atoms with Gasteiger partial charge in [0.1, 0.15) is 12.2 Å². The lowest BCUT2D eigenvalue weighted by Gasteiger charge is -2.43. The third kappa shape index (κ3) is 4.36. The van der Waals surface area contributed by atoms with Gasteiger partial charge in [0.2, 0.25) is 11.3 Å². The molecule has 3 heterocycles. The largest absolute Gasteiger partial charge is 0.483 e. The highest BCUT2D eigenvalue weighted by atomic mass is 16.5. The van der Waals surface area contributed by atoms with Gasteiger partial charge in [0.25, 0.3) is 5.91 Å². The van der Waals surface area contributed by atoms with Gasteiger partial charge in [-0.2, -0.15) is 0 Å². The van der Waals surface area contributed by atoms with Gasteiger partial charge in [-0.25, -0.2) is 4.79 Å². The molecule has 186 valence electrons. The van der Waals surface area contributed by atoms with Crippen LogP contribution < -0.4 is 10.2 Å². The quantitative estimate of drug-likeness (QED) is 0.279. The average molecular weight is 484 g/mol. The highest BCUT2D eigenvalue weighted by molar-refractivity contribution is 5.98. The number of aromatic nitrogens is 1. The lowest BCUT2D eigenvalue weighted by molar-refractivity contribution is 0.0532. The number of pyridine rings is 1. The van der Waals surface area contributed by atoms with Crippen LogP contribution in [0.5, 0.6) is 5.75 Å². The summed E-state index contributed by atoms with van der Waals surface area (Å²) in [7, 11) is 1.41. The van der Waals surface area contributed by atoms with Crippen LogP contribution >= 0.6 is 0 Å². The Labute approximate surface area is 202 Å². The Morgan fingerprint density at radius 2 is 1.97 bits per heavy atom. The number of hydrogen-bond donors (Lipinski definition) is 2. The van der Waals surface area contributed by atoms with E-state index in [2.05, 4.69) is 5.16 Å². The Bertz CT molecular complexity index is 1220. The molecular weight excluding hydrogens is 454 g/mol. The number of methoxy groups -OCH3 is 1. The molecule has 2 aliphatic heterocycles. The maximum absolute atomic E-state index is 13.7. The van der Waals surface area contributed by atoms with E-state index in [0.717, 1.165) is 5.56 Å². The number of carbonyl (C=O) groups excluding carboxylic acids is 1. The van der Waals surface area contributed by atoms with E-state index in [-0.39, 0.29) is 42.3 Å². The van der Waals surface area contributed by atoms with Crippen LogP contribution in [0.2, 0.25) is 0 Å².